The molecule has 2 unspecified atom stereocenters. The van der Waals surface area contributed by atoms with Crippen molar-refractivity contribution in [3.8, 4) is 0 Å². The van der Waals surface area contributed by atoms with E-state index in [0.717, 1.165) is 37.1 Å². The minimum Gasteiger partial charge on any atom is -0.469 e. The standard InChI is InChI=1S/C13H18N2O3/c16-13(12-8-14-5-7-18-12)15-10-2-1-3-11-9(10)4-6-17-11/h4,6,10,12,14H,1-3,5,7-8H2,(H,15,16). The molecule has 5 nitrogen and oxygen atoms in total. The molecule has 2 heterocycles. The average Bonchev–Trinajstić information content (AvgIpc) is 2.89. The molecule has 1 aromatic rings. The number of furan rings is 1. The summed E-state index contributed by atoms with van der Waals surface area (Å²) in [6.45, 7) is 2.01. The Bertz CT molecular complexity index is 424. The molecule has 3 rings (SSSR count). The molecule has 2 atom stereocenters. The van der Waals surface area contributed by atoms with E-state index in [1.54, 1.807) is 6.26 Å². The Hall–Kier alpha value is -1.33. The van der Waals surface area contributed by atoms with Gasteiger partial charge in [0.15, 0.2) is 0 Å². The molecule has 5 heteroatoms. The van der Waals surface area contributed by atoms with E-state index < -0.39 is 0 Å². The number of nitrogens with one attached hydrogen (secondary N) is 2. The van der Waals surface area contributed by atoms with Crippen LogP contribution in [-0.4, -0.2) is 31.7 Å². The summed E-state index contributed by atoms with van der Waals surface area (Å²) in [7, 11) is 0. The highest BCUT2D eigenvalue weighted by Gasteiger charge is 2.28. The Labute approximate surface area is 106 Å². The summed E-state index contributed by atoms with van der Waals surface area (Å²) in [5, 5.41) is 6.23. The van der Waals surface area contributed by atoms with Gasteiger partial charge in [-0.25, -0.2) is 0 Å². The molecule has 0 bridgehead atoms. The second-order valence-corrected chi connectivity index (χ2v) is 4.82. The van der Waals surface area contributed by atoms with Gasteiger partial charge in [-0.05, 0) is 18.9 Å². The summed E-state index contributed by atoms with van der Waals surface area (Å²) in [6.07, 6.45) is 4.33. The zero-order valence-electron chi connectivity index (χ0n) is 10.3. The summed E-state index contributed by atoms with van der Waals surface area (Å²) in [6, 6.07) is 2.03. The molecule has 0 spiro atoms. The van der Waals surface area contributed by atoms with Crippen molar-refractivity contribution >= 4 is 5.91 Å². The third kappa shape index (κ3) is 2.28. The maximum atomic E-state index is 12.1. The van der Waals surface area contributed by atoms with Crippen LogP contribution < -0.4 is 10.6 Å². The van der Waals surface area contributed by atoms with Gasteiger partial charge in [-0.15, -0.1) is 0 Å². The maximum Gasteiger partial charge on any atom is 0.250 e. The van der Waals surface area contributed by atoms with Gasteiger partial charge in [0.2, 0.25) is 0 Å². The van der Waals surface area contributed by atoms with Crippen molar-refractivity contribution < 1.29 is 13.9 Å². The van der Waals surface area contributed by atoms with Gasteiger partial charge in [0.1, 0.15) is 11.9 Å². The summed E-state index contributed by atoms with van der Waals surface area (Å²) >= 11 is 0. The van der Waals surface area contributed by atoms with Crippen molar-refractivity contribution in [3.05, 3.63) is 23.7 Å². The number of hydrogen-bond acceptors (Lipinski definition) is 4. The van der Waals surface area contributed by atoms with Crippen LogP contribution in [0.15, 0.2) is 16.7 Å². The number of fused-ring (bicyclic) bond motifs is 1. The number of morpholine rings is 1. The van der Waals surface area contributed by atoms with Gasteiger partial charge in [0.25, 0.3) is 5.91 Å². The number of carbonyl (C=O) groups excluding carboxylic acids is 1. The van der Waals surface area contributed by atoms with Crippen LogP contribution in [0.25, 0.3) is 0 Å². The molecule has 1 aliphatic heterocycles. The molecule has 0 radical (unpaired) electrons. The monoisotopic (exact) mass is 250 g/mol. The molecule has 1 aromatic heterocycles. The maximum absolute atomic E-state index is 12.1. The van der Waals surface area contributed by atoms with Gasteiger partial charge in [-0.1, -0.05) is 0 Å². The number of hydrogen-bond donors (Lipinski definition) is 2. The third-order valence-corrected chi connectivity index (χ3v) is 3.59. The largest absolute Gasteiger partial charge is 0.469 e. The van der Waals surface area contributed by atoms with Crippen LogP contribution in [0.3, 0.4) is 0 Å². The van der Waals surface area contributed by atoms with Gasteiger partial charge in [-0.2, -0.15) is 0 Å². The highest BCUT2D eigenvalue weighted by atomic mass is 16.5. The lowest BCUT2D eigenvalue weighted by Gasteiger charge is -2.27. The average molecular weight is 250 g/mol. The Morgan fingerprint density at radius 3 is 3.28 bits per heavy atom. The van der Waals surface area contributed by atoms with Crippen LogP contribution in [0.1, 0.15) is 30.2 Å². The highest BCUT2D eigenvalue weighted by Crippen LogP contribution is 2.30. The van der Waals surface area contributed by atoms with Crippen molar-refractivity contribution in [2.24, 2.45) is 0 Å². The number of ether oxygens (including phenoxy) is 1. The lowest BCUT2D eigenvalue weighted by atomic mass is 9.93. The van der Waals surface area contributed by atoms with E-state index in [2.05, 4.69) is 10.6 Å². The van der Waals surface area contributed by atoms with Crippen LogP contribution in [0.2, 0.25) is 0 Å². The van der Waals surface area contributed by atoms with E-state index >= 15 is 0 Å². The lowest BCUT2D eigenvalue weighted by Crippen LogP contribution is -2.48. The van der Waals surface area contributed by atoms with Crippen molar-refractivity contribution in [2.75, 3.05) is 19.7 Å². The van der Waals surface area contributed by atoms with Gasteiger partial charge in [0.05, 0.1) is 18.9 Å². The fourth-order valence-electron chi connectivity index (χ4n) is 2.63. The molecule has 1 fully saturated rings. The number of aryl methyl sites for hydroxylation is 1. The van der Waals surface area contributed by atoms with Crippen LogP contribution in [-0.2, 0) is 16.0 Å². The van der Waals surface area contributed by atoms with Crippen LogP contribution in [0.4, 0.5) is 0 Å². The Morgan fingerprint density at radius 2 is 2.44 bits per heavy atom. The quantitative estimate of drug-likeness (QED) is 0.813. The van der Waals surface area contributed by atoms with E-state index in [9.17, 15) is 4.79 Å². The fraction of sp³-hybridized carbons (Fsp3) is 0.615. The van der Waals surface area contributed by atoms with E-state index in [0.29, 0.717) is 13.2 Å². The SMILES string of the molecule is O=C(NC1CCCc2occc21)C1CNCCO1. The van der Waals surface area contributed by atoms with Crippen LogP contribution in [0.5, 0.6) is 0 Å². The predicted molar refractivity (Wildman–Crippen MR) is 65.1 cm³/mol. The van der Waals surface area contributed by atoms with Crippen molar-refractivity contribution in [2.45, 2.75) is 31.4 Å². The van der Waals surface area contributed by atoms with E-state index in [-0.39, 0.29) is 18.1 Å². The van der Waals surface area contributed by atoms with Gasteiger partial charge in [-0.3, -0.25) is 4.79 Å². The second kappa shape index (κ2) is 5.12. The van der Waals surface area contributed by atoms with E-state index in [1.165, 1.54) is 0 Å². The minimum absolute atomic E-state index is 0.0266. The summed E-state index contributed by atoms with van der Waals surface area (Å²) in [4.78, 5) is 12.1. The van der Waals surface area contributed by atoms with Crippen molar-refractivity contribution in [1.29, 1.82) is 0 Å². The van der Waals surface area contributed by atoms with Crippen LogP contribution in [0, 0.1) is 0 Å². The Kier molecular flexibility index (Phi) is 3.34. The predicted octanol–water partition coefficient (Wildman–Crippen LogP) is 0.762. The van der Waals surface area contributed by atoms with Gasteiger partial charge < -0.3 is 19.8 Å². The van der Waals surface area contributed by atoms with Gasteiger partial charge >= 0.3 is 0 Å². The van der Waals surface area contributed by atoms with Crippen molar-refractivity contribution in [3.63, 3.8) is 0 Å². The Balaban J connectivity index is 1.65. The summed E-state index contributed by atoms with van der Waals surface area (Å²) < 4.78 is 10.9. The third-order valence-electron chi connectivity index (χ3n) is 3.59. The lowest BCUT2D eigenvalue weighted by molar-refractivity contribution is -0.135. The zero-order valence-corrected chi connectivity index (χ0v) is 10.3. The molecule has 2 N–H and O–H groups in total. The highest BCUT2D eigenvalue weighted by molar-refractivity contribution is 5.81. The smallest absolute Gasteiger partial charge is 0.250 e. The van der Waals surface area contributed by atoms with E-state index in [4.69, 9.17) is 9.15 Å². The fourth-order valence-corrected chi connectivity index (χ4v) is 2.63. The van der Waals surface area contributed by atoms with Gasteiger partial charge in [0, 0.05) is 25.1 Å². The topological polar surface area (TPSA) is 63.5 Å². The molecular weight excluding hydrogens is 232 g/mol. The molecule has 1 aliphatic carbocycles. The number of carbonyl (C=O) groups is 1. The normalized spacial score (nSPS) is 27.6. The number of amides is 1. The second-order valence-electron chi connectivity index (χ2n) is 4.82. The molecule has 0 aromatic carbocycles. The van der Waals surface area contributed by atoms with E-state index in [1.807, 2.05) is 6.07 Å². The number of rotatable bonds is 2. The van der Waals surface area contributed by atoms with Crippen molar-refractivity contribution in [1.82, 2.24) is 10.6 Å². The van der Waals surface area contributed by atoms with Crippen LogP contribution >= 0.6 is 0 Å². The minimum atomic E-state index is -0.365. The molecule has 18 heavy (non-hydrogen) atoms. The summed E-state index contributed by atoms with van der Waals surface area (Å²) in [5.74, 6) is 0.982. The zero-order chi connectivity index (χ0) is 12.4. The summed E-state index contributed by atoms with van der Waals surface area (Å²) in [5.41, 5.74) is 1.12. The molecular formula is C13H18N2O3. The first-order chi connectivity index (χ1) is 8.84. The molecule has 1 amide bonds. The first kappa shape index (κ1) is 11.7. The molecule has 0 saturated carbocycles. The molecule has 98 valence electrons. The first-order valence-corrected chi connectivity index (χ1v) is 6.53. The molecule has 1 saturated heterocycles. The first-order valence-electron chi connectivity index (χ1n) is 6.53. The molecule has 2 aliphatic rings. The Morgan fingerprint density at radius 1 is 1.50 bits per heavy atom.